The fraction of sp³-hybridized carbons (Fsp3) is 0.333. The van der Waals surface area contributed by atoms with Gasteiger partial charge in [-0.1, -0.05) is 39.6 Å². The minimum Gasteiger partial charge on any atom is -0.392 e. The molecule has 0 spiro atoms. The van der Waals surface area contributed by atoms with Gasteiger partial charge in [0.1, 0.15) is 6.10 Å². The molecular formula is C36H38F5N2O3P. The second-order valence-corrected chi connectivity index (χ2v) is 13.0. The van der Waals surface area contributed by atoms with Crippen LogP contribution in [0.5, 0.6) is 0 Å². The largest absolute Gasteiger partial charge is 0.418 e. The predicted octanol–water partition coefficient (Wildman–Crippen LogP) is 9.40. The smallest absolute Gasteiger partial charge is 0.392 e. The zero-order chi connectivity index (χ0) is 34.6. The molecule has 6 rings (SSSR count). The lowest BCUT2D eigenvalue weighted by Gasteiger charge is -2.18. The van der Waals surface area contributed by atoms with Gasteiger partial charge in [0.05, 0.1) is 12.1 Å². The summed E-state index contributed by atoms with van der Waals surface area (Å²) in [5.74, 6) is 0. The Kier molecular flexibility index (Phi) is 9.47. The number of aliphatic hydroxyl groups excluding tert-OH is 3. The molecule has 0 aliphatic rings. The topological polar surface area (TPSA) is 70.6 Å². The van der Waals surface area contributed by atoms with Crippen LogP contribution in [0.4, 0.5) is 22.0 Å². The van der Waals surface area contributed by atoms with Crippen molar-refractivity contribution in [1.82, 2.24) is 9.13 Å². The molecule has 2 aromatic heterocycles. The van der Waals surface area contributed by atoms with Gasteiger partial charge in [-0.2, -0.15) is 22.0 Å². The number of hydrogen-bond donors (Lipinski definition) is 3. The molecular weight excluding hydrogens is 634 g/mol. The minimum absolute atomic E-state index is 0.0561. The van der Waals surface area contributed by atoms with E-state index in [-0.39, 0.29) is 17.7 Å². The fourth-order valence-electron chi connectivity index (χ4n) is 6.43. The first-order valence-electron chi connectivity index (χ1n) is 15.3. The lowest BCUT2D eigenvalue weighted by atomic mass is 10.0. The highest BCUT2D eigenvalue weighted by molar-refractivity contribution is 7.18. The average molecular weight is 673 g/mol. The van der Waals surface area contributed by atoms with Crippen LogP contribution in [-0.4, -0.2) is 36.3 Å². The third-order valence-corrected chi connectivity index (χ3v) is 8.97. The number of aryl methyl sites for hydroxylation is 3. The van der Waals surface area contributed by atoms with E-state index in [1.54, 1.807) is 6.07 Å². The first-order valence-corrected chi connectivity index (χ1v) is 15.9. The molecule has 250 valence electrons. The normalized spacial score (nSPS) is 13.9. The second-order valence-electron chi connectivity index (χ2n) is 12.2. The van der Waals surface area contributed by atoms with Crippen LogP contribution in [-0.2, 0) is 13.2 Å². The third-order valence-electron chi connectivity index (χ3n) is 8.65. The molecule has 47 heavy (non-hydrogen) atoms. The molecule has 0 saturated carbocycles. The maximum atomic E-state index is 13.4. The van der Waals surface area contributed by atoms with Crippen LogP contribution in [0.15, 0.2) is 66.7 Å². The number of benzene rings is 4. The molecule has 4 aromatic carbocycles. The molecule has 3 atom stereocenters. The van der Waals surface area contributed by atoms with Crippen LogP contribution in [0.2, 0.25) is 0 Å². The highest BCUT2D eigenvalue weighted by atomic mass is 31.0. The number of rotatable bonds is 6. The summed E-state index contributed by atoms with van der Waals surface area (Å²) in [6.07, 6.45) is -9.54. The molecule has 0 radical (unpaired) electrons. The third kappa shape index (κ3) is 6.36. The summed E-state index contributed by atoms with van der Waals surface area (Å²) < 4.78 is 69.7. The van der Waals surface area contributed by atoms with Gasteiger partial charge in [0.2, 0.25) is 0 Å². The van der Waals surface area contributed by atoms with E-state index >= 15 is 0 Å². The van der Waals surface area contributed by atoms with Gasteiger partial charge in [0.15, 0.2) is 6.10 Å². The molecule has 11 heteroatoms. The zero-order valence-corrected chi connectivity index (χ0v) is 27.9. The Morgan fingerprint density at radius 2 is 1.26 bits per heavy atom. The van der Waals surface area contributed by atoms with Crippen molar-refractivity contribution in [2.45, 2.75) is 77.9 Å². The summed E-state index contributed by atoms with van der Waals surface area (Å²) in [4.78, 5) is 0. The Labute approximate surface area is 271 Å². The molecule has 5 nitrogen and oxygen atoms in total. The average Bonchev–Trinajstić information content (AvgIpc) is 3.54. The van der Waals surface area contributed by atoms with Crippen molar-refractivity contribution in [3.05, 3.63) is 94.5 Å². The number of fused-ring (bicyclic) bond motifs is 6. The second kappa shape index (κ2) is 12.8. The lowest BCUT2D eigenvalue weighted by molar-refractivity contribution is -0.206. The van der Waals surface area contributed by atoms with E-state index in [9.17, 15) is 37.3 Å². The zero-order valence-electron chi connectivity index (χ0n) is 26.7. The number of halogens is 5. The van der Waals surface area contributed by atoms with Crippen LogP contribution in [0.25, 0.3) is 43.6 Å². The van der Waals surface area contributed by atoms with E-state index in [4.69, 9.17) is 0 Å². The molecule has 6 aromatic rings. The SMILES string of the molecule is CCn1c2ccc(C(O)C(F)(F)F)cc2c2cc(C(O)C(F)(F)P)ccc21.Cc1ccc(C)c2c1c1cc(CO)ccc1n2C(C)C. The lowest BCUT2D eigenvalue weighted by Crippen LogP contribution is -2.20. The van der Waals surface area contributed by atoms with E-state index in [0.29, 0.717) is 34.4 Å². The monoisotopic (exact) mass is 672 g/mol. The molecule has 0 saturated heterocycles. The number of alkyl halides is 5. The van der Waals surface area contributed by atoms with Gasteiger partial charge < -0.3 is 24.5 Å². The van der Waals surface area contributed by atoms with E-state index in [1.807, 2.05) is 17.6 Å². The van der Waals surface area contributed by atoms with Gasteiger partial charge in [0.25, 0.3) is 5.66 Å². The molecule has 0 aliphatic carbocycles. The van der Waals surface area contributed by atoms with Crippen molar-refractivity contribution in [2.75, 3.05) is 0 Å². The summed E-state index contributed by atoms with van der Waals surface area (Å²) in [7, 11) is 1.27. The molecule has 3 N–H and O–H groups in total. The van der Waals surface area contributed by atoms with Crippen LogP contribution < -0.4 is 0 Å². The van der Waals surface area contributed by atoms with Crippen molar-refractivity contribution in [3.63, 3.8) is 0 Å². The Morgan fingerprint density at radius 3 is 1.74 bits per heavy atom. The molecule has 0 amide bonds. The molecule has 0 aliphatic heterocycles. The number of aromatic nitrogens is 2. The predicted molar refractivity (Wildman–Crippen MR) is 181 cm³/mol. The standard InChI is InChI=1S/C18H17F5NO2P.C18H21NO/c1-2-24-13-5-3-9(15(25)17(19,20)21)7-11(13)12-8-10(4-6-14(12)24)16(26)18(22,23)27;1-11(2)19-16-8-7-14(10-20)9-15(16)17-12(3)5-6-13(4)18(17)19/h3-8,15-16,25-26H,2,27H2,1H3;5-9,11,20H,10H2,1-4H3. The molecule has 0 bridgehead atoms. The first-order chi connectivity index (χ1) is 22.0. The van der Waals surface area contributed by atoms with Gasteiger partial charge in [-0.05, 0) is 98.8 Å². The van der Waals surface area contributed by atoms with Crippen molar-refractivity contribution < 1.29 is 37.3 Å². The number of hydrogen-bond acceptors (Lipinski definition) is 3. The highest BCUT2D eigenvalue weighted by Crippen LogP contribution is 2.41. The summed E-state index contributed by atoms with van der Waals surface area (Å²) in [5, 5.41) is 32.1. The van der Waals surface area contributed by atoms with Crippen LogP contribution in [0.3, 0.4) is 0 Å². The Hall–Kier alpha value is -3.56. The van der Waals surface area contributed by atoms with Gasteiger partial charge in [-0.25, -0.2) is 0 Å². The Morgan fingerprint density at radius 1 is 0.723 bits per heavy atom. The van der Waals surface area contributed by atoms with Crippen molar-refractivity contribution >= 4 is 52.9 Å². The summed E-state index contributed by atoms with van der Waals surface area (Å²) >= 11 is 0. The number of aliphatic hydroxyl groups is 3. The maximum absolute atomic E-state index is 13.4. The fourth-order valence-corrected chi connectivity index (χ4v) is 6.62. The summed E-state index contributed by atoms with van der Waals surface area (Å²) in [6.45, 7) is 11.2. The van der Waals surface area contributed by atoms with Crippen molar-refractivity contribution in [1.29, 1.82) is 0 Å². The van der Waals surface area contributed by atoms with Crippen molar-refractivity contribution in [3.8, 4) is 0 Å². The maximum Gasteiger partial charge on any atom is 0.418 e. The first kappa shape index (κ1) is 34.8. The Bertz CT molecular complexity index is 2020. The molecule has 3 unspecified atom stereocenters. The van der Waals surface area contributed by atoms with Crippen molar-refractivity contribution in [2.24, 2.45) is 0 Å². The number of nitrogens with zero attached hydrogens (tertiary/aromatic N) is 2. The highest BCUT2D eigenvalue weighted by Gasteiger charge is 2.39. The van der Waals surface area contributed by atoms with E-state index < -0.39 is 24.0 Å². The minimum atomic E-state index is -4.82. The van der Waals surface area contributed by atoms with Gasteiger partial charge in [-0.3, -0.25) is 0 Å². The van der Waals surface area contributed by atoms with Gasteiger partial charge in [-0.15, -0.1) is 0 Å². The van der Waals surface area contributed by atoms with Crippen LogP contribution in [0, 0.1) is 13.8 Å². The summed E-state index contributed by atoms with van der Waals surface area (Å²) in [5.41, 5.74) is 3.55. The van der Waals surface area contributed by atoms with Crippen LogP contribution >= 0.6 is 9.24 Å². The van der Waals surface area contributed by atoms with Gasteiger partial charge in [0, 0.05) is 50.7 Å². The molecule has 2 heterocycles. The Balaban J connectivity index is 0.000000193. The van der Waals surface area contributed by atoms with E-state index in [2.05, 4.69) is 56.5 Å². The van der Waals surface area contributed by atoms with E-state index in [1.165, 1.54) is 72.5 Å². The quantitative estimate of drug-likeness (QED) is 0.122. The van der Waals surface area contributed by atoms with Gasteiger partial charge >= 0.3 is 6.18 Å². The van der Waals surface area contributed by atoms with Crippen LogP contribution in [0.1, 0.15) is 66.8 Å². The van der Waals surface area contributed by atoms with E-state index in [0.717, 1.165) is 5.56 Å². The summed E-state index contributed by atoms with van der Waals surface area (Å²) in [6, 6.07) is 19.2. The molecule has 0 fully saturated rings.